The summed E-state index contributed by atoms with van der Waals surface area (Å²) >= 11 is 0. The molecule has 1 aromatic carbocycles. The Labute approximate surface area is 128 Å². The number of rotatable bonds is 6. The molecular formula is C16H15N3O3. The number of benzene rings is 1. The van der Waals surface area contributed by atoms with Crippen molar-refractivity contribution in [3.63, 3.8) is 0 Å². The number of carbonyl (C=O) groups excluding carboxylic acids is 1. The van der Waals surface area contributed by atoms with E-state index in [4.69, 9.17) is 14.7 Å². The summed E-state index contributed by atoms with van der Waals surface area (Å²) in [5.74, 6) is 0.864. The van der Waals surface area contributed by atoms with Gasteiger partial charge >= 0.3 is 0 Å². The number of ether oxygens (including phenoxy) is 2. The smallest absolute Gasteiger partial charge is 0.189 e. The van der Waals surface area contributed by atoms with E-state index in [2.05, 4.69) is 5.10 Å². The number of ketones is 1. The van der Waals surface area contributed by atoms with Crippen LogP contribution in [0.25, 0.3) is 6.08 Å². The number of nitrogens with zero attached hydrogens (tertiary/aromatic N) is 3. The van der Waals surface area contributed by atoms with Crippen LogP contribution < -0.4 is 9.47 Å². The van der Waals surface area contributed by atoms with Crippen molar-refractivity contribution in [2.24, 2.45) is 7.05 Å². The van der Waals surface area contributed by atoms with E-state index in [1.807, 2.05) is 6.07 Å². The molecule has 6 nitrogen and oxygen atoms in total. The Hall–Kier alpha value is -3.07. The van der Waals surface area contributed by atoms with Crippen LogP contribution in [-0.4, -0.2) is 29.3 Å². The maximum atomic E-state index is 12.0. The first-order valence-corrected chi connectivity index (χ1v) is 6.53. The quantitative estimate of drug-likeness (QED) is 0.603. The summed E-state index contributed by atoms with van der Waals surface area (Å²) in [5, 5.41) is 12.5. The molecule has 0 N–H and O–H groups in total. The van der Waals surface area contributed by atoms with E-state index in [1.54, 1.807) is 42.2 Å². The first-order valence-electron chi connectivity index (χ1n) is 6.53. The predicted octanol–water partition coefficient (Wildman–Crippen LogP) is 2.23. The Morgan fingerprint density at radius 2 is 2.27 bits per heavy atom. The van der Waals surface area contributed by atoms with Crippen molar-refractivity contribution >= 4 is 11.9 Å². The number of nitriles is 1. The predicted molar refractivity (Wildman–Crippen MR) is 80.7 cm³/mol. The molecule has 2 rings (SSSR count). The second kappa shape index (κ2) is 7.09. The van der Waals surface area contributed by atoms with Crippen LogP contribution in [0, 0.1) is 11.3 Å². The van der Waals surface area contributed by atoms with Crippen LogP contribution in [0.5, 0.6) is 11.5 Å². The topological polar surface area (TPSA) is 77.1 Å². The monoisotopic (exact) mass is 297 g/mol. The molecule has 0 unspecified atom stereocenters. The van der Waals surface area contributed by atoms with Gasteiger partial charge in [-0.25, -0.2) is 0 Å². The molecule has 0 atom stereocenters. The molecule has 0 aliphatic carbocycles. The summed E-state index contributed by atoms with van der Waals surface area (Å²) in [6, 6.07) is 7.11. The van der Waals surface area contributed by atoms with Gasteiger partial charge in [-0.1, -0.05) is 12.1 Å². The molecule has 0 radical (unpaired) electrons. The van der Waals surface area contributed by atoms with Crippen molar-refractivity contribution in [3.05, 3.63) is 47.8 Å². The number of methoxy groups -OCH3 is 1. The number of hydrogen-bond acceptors (Lipinski definition) is 5. The molecule has 0 amide bonds. The van der Waals surface area contributed by atoms with Crippen molar-refractivity contribution in [2.75, 3.05) is 13.7 Å². The van der Waals surface area contributed by atoms with Gasteiger partial charge < -0.3 is 9.47 Å². The van der Waals surface area contributed by atoms with Crippen molar-refractivity contribution < 1.29 is 14.3 Å². The van der Waals surface area contributed by atoms with E-state index in [0.29, 0.717) is 17.1 Å². The van der Waals surface area contributed by atoms with Gasteiger partial charge in [0.2, 0.25) is 0 Å². The maximum absolute atomic E-state index is 12.0. The van der Waals surface area contributed by atoms with Crippen molar-refractivity contribution in [1.82, 2.24) is 9.78 Å². The fourth-order valence-electron chi connectivity index (χ4n) is 1.83. The number of hydrogen-bond donors (Lipinski definition) is 0. The molecule has 0 fully saturated rings. The molecule has 0 bridgehead atoms. The molecule has 1 heterocycles. The van der Waals surface area contributed by atoms with Gasteiger partial charge in [-0.3, -0.25) is 9.48 Å². The van der Waals surface area contributed by atoms with E-state index in [0.717, 1.165) is 5.56 Å². The lowest BCUT2D eigenvalue weighted by atomic mass is 10.1. The fraction of sp³-hybridized carbons (Fsp3) is 0.188. The standard InChI is InChI=1S/C16H15N3O3/c1-19-11-13(10-18-19)14(20)5-3-12-4-6-15(22-8-7-17)16(9-12)21-2/h3-6,9-11H,8H2,1-2H3. The van der Waals surface area contributed by atoms with Crippen LogP contribution in [-0.2, 0) is 7.05 Å². The van der Waals surface area contributed by atoms with Gasteiger partial charge in [-0.2, -0.15) is 10.4 Å². The molecule has 22 heavy (non-hydrogen) atoms. The second-order valence-electron chi connectivity index (χ2n) is 4.46. The highest BCUT2D eigenvalue weighted by atomic mass is 16.5. The van der Waals surface area contributed by atoms with Crippen LogP contribution in [0.15, 0.2) is 36.7 Å². The lowest BCUT2D eigenvalue weighted by Crippen LogP contribution is -1.97. The van der Waals surface area contributed by atoms with Gasteiger partial charge in [0.05, 0.1) is 18.9 Å². The highest BCUT2D eigenvalue weighted by molar-refractivity contribution is 6.06. The van der Waals surface area contributed by atoms with Gasteiger partial charge in [0.15, 0.2) is 23.9 Å². The minimum absolute atomic E-state index is 0.0506. The Morgan fingerprint density at radius 1 is 1.45 bits per heavy atom. The SMILES string of the molecule is COc1cc(C=CC(=O)c2cnn(C)c2)ccc1OCC#N. The summed E-state index contributed by atoms with van der Waals surface area (Å²) in [5.41, 5.74) is 1.32. The zero-order chi connectivity index (χ0) is 15.9. The van der Waals surface area contributed by atoms with Crippen LogP contribution >= 0.6 is 0 Å². The van der Waals surface area contributed by atoms with E-state index in [9.17, 15) is 4.79 Å². The van der Waals surface area contributed by atoms with E-state index < -0.39 is 0 Å². The first-order chi connectivity index (χ1) is 10.6. The molecule has 0 spiro atoms. The summed E-state index contributed by atoms with van der Waals surface area (Å²) in [6.07, 6.45) is 6.34. The van der Waals surface area contributed by atoms with Gasteiger partial charge in [-0.15, -0.1) is 0 Å². The Morgan fingerprint density at radius 3 is 2.91 bits per heavy atom. The molecule has 0 saturated carbocycles. The van der Waals surface area contributed by atoms with Gasteiger partial charge in [0, 0.05) is 13.2 Å². The average molecular weight is 297 g/mol. The second-order valence-corrected chi connectivity index (χ2v) is 4.46. The number of aromatic nitrogens is 2. The number of allylic oxidation sites excluding steroid dienone is 1. The molecule has 6 heteroatoms. The van der Waals surface area contributed by atoms with Crippen LogP contribution in [0.1, 0.15) is 15.9 Å². The van der Waals surface area contributed by atoms with Crippen molar-refractivity contribution in [1.29, 1.82) is 5.26 Å². The average Bonchev–Trinajstić information content (AvgIpc) is 2.97. The molecule has 0 aliphatic heterocycles. The molecule has 2 aromatic rings. The third-order valence-corrected chi connectivity index (χ3v) is 2.90. The number of carbonyl (C=O) groups is 1. The van der Waals surface area contributed by atoms with Crippen LogP contribution in [0.4, 0.5) is 0 Å². The maximum Gasteiger partial charge on any atom is 0.189 e. The molecule has 112 valence electrons. The van der Waals surface area contributed by atoms with E-state index in [-0.39, 0.29) is 12.4 Å². The molecule has 0 aliphatic rings. The Kier molecular flexibility index (Phi) is 4.94. The molecule has 1 aromatic heterocycles. The van der Waals surface area contributed by atoms with Crippen molar-refractivity contribution in [2.45, 2.75) is 0 Å². The highest BCUT2D eigenvalue weighted by Gasteiger charge is 2.06. The summed E-state index contributed by atoms with van der Waals surface area (Å²) in [4.78, 5) is 12.0. The Balaban J connectivity index is 2.14. The van der Waals surface area contributed by atoms with Gasteiger partial charge in [0.1, 0.15) is 6.07 Å². The van der Waals surface area contributed by atoms with Crippen LogP contribution in [0.2, 0.25) is 0 Å². The summed E-state index contributed by atoms with van der Waals surface area (Å²) < 4.78 is 12.0. The summed E-state index contributed by atoms with van der Waals surface area (Å²) in [6.45, 7) is -0.0506. The third-order valence-electron chi connectivity index (χ3n) is 2.90. The fourth-order valence-corrected chi connectivity index (χ4v) is 1.83. The Bertz CT molecular complexity index is 741. The largest absolute Gasteiger partial charge is 0.493 e. The number of aryl methyl sites for hydroxylation is 1. The zero-order valence-corrected chi connectivity index (χ0v) is 12.3. The zero-order valence-electron chi connectivity index (χ0n) is 12.3. The highest BCUT2D eigenvalue weighted by Crippen LogP contribution is 2.28. The minimum Gasteiger partial charge on any atom is -0.493 e. The van der Waals surface area contributed by atoms with Gasteiger partial charge in [0.25, 0.3) is 0 Å². The normalized spacial score (nSPS) is 10.4. The van der Waals surface area contributed by atoms with Crippen molar-refractivity contribution in [3.8, 4) is 17.6 Å². The minimum atomic E-state index is -0.128. The summed E-state index contributed by atoms with van der Waals surface area (Å²) in [7, 11) is 3.27. The van der Waals surface area contributed by atoms with Gasteiger partial charge in [-0.05, 0) is 23.8 Å². The lowest BCUT2D eigenvalue weighted by Gasteiger charge is -2.08. The van der Waals surface area contributed by atoms with Crippen LogP contribution in [0.3, 0.4) is 0 Å². The molecular weight excluding hydrogens is 282 g/mol. The third kappa shape index (κ3) is 3.73. The molecule has 0 saturated heterocycles. The van der Waals surface area contributed by atoms with E-state index >= 15 is 0 Å². The van der Waals surface area contributed by atoms with E-state index in [1.165, 1.54) is 19.4 Å². The first kappa shape index (κ1) is 15.3. The lowest BCUT2D eigenvalue weighted by molar-refractivity contribution is 0.104.